The maximum Gasteiger partial charge on any atom is 0.251 e. The summed E-state index contributed by atoms with van der Waals surface area (Å²) in [6.45, 7) is 6.83. The molecule has 180 valence electrons. The number of carbonyl (C=O) groups is 1. The van der Waals surface area contributed by atoms with E-state index < -0.39 is 6.10 Å². The van der Waals surface area contributed by atoms with Crippen molar-refractivity contribution < 1.29 is 9.90 Å². The largest absolute Gasteiger partial charge is 0.389 e. The van der Waals surface area contributed by atoms with E-state index in [1.807, 2.05) is 42.5 Å². The number of hydrogen-bond donors (Lipinski definition) is 3. The van der Waals surface area contributed by atoms with Crippen LogP contribution < -0.4 is 10.6 Å². The Bertz CT molecular complexity index is 1340. The molecule has 4 aromatic rings. The topological polar surface area (TPSA) is 100 Å². The molecule has 7 nitrogen and oxygen atoms in total. The Morgan fingerprint density at radius 2 is 1.80 bits per heavy atom. The molecule has 4 rings (SSSR count). The molecule has 0 spiro atoms. The second kappa shape index (κ2) is 10.6. The van der Waals surface area contributed by atoms with Gasteiger partial charge in [-0.1, -0.05) is 50.2 Å². The van der Waals surface area contributed by atoms with Gasteiger partial charge in [0.05, 0.1) is 22.9 Å². The Balaban J connectivity index is 1.51. The van der Waals surface area contributed by atoms with Gasteiger partial charge in [0, 0.05) is 36.8 Å². The highest BCUT2D eigenvalue weighted by Crippen LogP contribution is 2.31. The summed E-state index contributed by atoms with van der Waals surface area (Å²) >= 11 is 0. The lowest BCUT2D eigenvalue weighted by atomic mass is 9.87. The van der Waals surface area contributed by atoms with Crippen LogP contribution in [0, 0.1) is 5.92 Å². The number of hydrogen-bond acceptors (Lipinski definition) is 6. The van der Waals surface area contributed by atoms with E-state index in [0.717, 1.165) is 39.1 Å². The van der Waals surface area contributed by atoms with E-state index in [9.17, 15) is 9.90 Å². The van der Waals surface area contributed by atoms with Crippen LogP contribution in [0.25, 0.3) is 22.2 Å². The van der Waals surface area contributed by atoms with Crippen molar-refractivity contribution in [2.75, 3.05) is 18.9 Å². The van der Waals surface area contributed by atoms with E-state index in [4.69, 9.17) is 0 Å². The summed E-state index contributed by atoms with van der Waals surface area (Å²) < 4.78 is 0. The molecule has 3 unspecified atom stereocenters. The molecule has 1 amide bonds. The molecule has 35 heavy (non-hydrogen) atoms. The Kier molecular flexibility index (Phi) is 7.36. The van der Waals surface area contributed by atoms with E-state index in [1.165, 1.54) is 0 Å². The fourth-order valence-electron chi connectivity index (χ4n) is 4.22. The predicted octanol–water partition coefficient (Wildman–Crippen LogP) is 4.96. The van der Waals surface area contributed by atoms with Crippen LogP contribution in [0.4, 0.5) is 5.82 Å². The molecule has 2 aromatic carbocycles. The van der Waals surface area contributed by atoms with E-state index in [1.54, 1.807) is 32.6 Å². The molecule has 3 atom stereocenters. The zero-order valence-electron chi connectivity index (χ0n) is 20.5. The Hall–Kier alpha value is -3.84. The van der Waals surface area contributed by atoms with E-state index in [-0.39, 0.29) is 17.7 Å². The average molecular weight is 470 g/mol. The fraction of sp³-hybridized carbons (Fsp3) is 0.286. The highest BCUT2D eigenvalue weighted by Gasteiger charge is 2.19. The second-order valence-corrected chi connectivity index (χ2v) is 8.92. The number of pyridine rings is 1. The number of benzene rings is 2. The van der Waals surface area contributed by atoms with Gasteiger partial charge in [-0.05, 0) is 42.0 Å². The summed E-state index contributed by atoms with van der Waals surface area (Å²) in [5, 5.41) is 16.9. The highest BCUT2D eigenvalue weighted by atomic mass is 16.3. The third kappa shape index (κ3) is 5.30. The number of fused-ring (bicyclic) bond motifs is 1. The number of para-hydroxylation sites is 1. The molecular weight excluding hydrogens is 438 g/mol. The number of aliphatic hydroxyl groups is 1. The van der Waals surface area contributed by atoms with Crippen LogP contribution in [0.15, 0.2) is 67.1 Å². The van der Waals surface area contributed by atoms with Gasteiger partial charge in [-0.3, -0.25) is 9.78 Å². The van der Waals surface area contributed by atoms with Gasteiger partial charge in [0.1, 0.15) is 12.1 Å². The van der Waals surface area contributed by atoms with Crippen LogP contribution in [0.1, 0.15) is 54.3 Å². The maximum absolute atomic E-state index is 12.3. The van der Waals surface area contributed by atoms with Crippen LogP contribution in [-0.4, -0.2) is 39.6 Å². The first-order valence-corrected chi connectivity index (χ1v) is 11.8. The van der Waals surface area contributed by atoms with Gasteiger partial charge in [-0.25, -0.2) is 9.97 Å². The van der Waals surface area contributed by atoms with Gasteiger partial charge in [0.2, 0.25) is 0 Å². The fourth-order valence-corrected chi connectivity index (χ4v) is 4.22. The minimum atomic E-state index is -0.535. The lowest BCUT2D eigenvalue weighted by Gasteiger charge is -2.22. The van der Waals surface area contributed by atoms with Crippen molar-refractivity contribution in [1.82, 2.24) is 20.3 Å². The molecule has 0 bridgehead atoms. The number of carbonyl (C=O) groups excluding carboxylic acids is 1. The van der Waals surface area contributed by atoms with Gasteiger partial charge in [-0.15, -0.1) is 0 Å². The zero-order valence-corrected chi connectivity index (χ0v) is 20.5. The molecule has 0 aliphatic rings. The molecule has 3 N–H and O–H groups in total. The molecule has 0 aliphatic heterocycles. The summed E-state index contributed by atoms with van der Waals surface area (Å²) in [6.07, 6.45) is 2.71. The van der Waals surface area contributed by atoms with Gasteiger partial charge in [0.15, 0.2) is 0 Å². The van der Waals surface area contributed by atoms with Crippen LogP contribution in [0.3, 0.4) is 0 Å². The molecular formula is C28H31N5O2. The highest BCUT2D eigenvalue weighted by molar-refractivity contribution is 6.06. The van der Waals surface area contributed by atoms with Gasteiger partial charge in [-0.2, -0.15) is 0 Å². The van der Waals surface area contributed by atoms with Crippen LogP contribution in [0.5, 0.6) is 0 Å². The number of nitrogens with zero attached hydrogens (tertiary/aromatic N) is 3. The van der Waals surface area contributed by atoms with E-state index in [0.29, 0.717) is 12.1 Å². The smallest absolute Gasteiger partial charge is 0.251 e. The quantitative estimate of drug-likeness (QED) is 0.337. The van der Waals surface area contributed by atoms with Crippen molar-refractivity contribution in [2.24, 2.45) is 5.92 Å². The third-order valence-electron chi connectivity index (χ3n) is 6.56. The van der Waals surface area contributed by atoms with Gasteiger partial charge in [0.25, 0.3) is 5.91 Å². The molecule has 0 radical (unpaired) electrons. The van der Waals surface area contributed by atoms with Crippen molar-refractivity contribution in [3.63, 3.8) is 0 Å². The number of amides is 1. The monoisotopic (exact) mass is 469 g/mol. The second-order valence-electron chi connectivity index (χ2n) is 8.92. The number of rotatable bonds is 8. The predicted molar refractivity (Wildman–Crippen MR) is 139 cm³/mol. The lowest BCUT2D eigenvalue weighted by molar-refractivity contribution is 0.0964. The summed E-state index contributed by atoms with van der Waals surface area (Å²) in [6, 6.07) is 17.4. The molecule has 2 heterocycles. The summed E-state index contributed by atoms with van der Waals surface area (Å²) in [5.74, 6) is 1.09. The first-order chi connectivity index (χ1) is 16.9. The number of aromatic nitrogens is 3. The minimum absolute atomic E-state index is 0.115. The maximum atomic E-state index is 12.3. The van der Waals surface area contributed by atoms with E-state index >= 15 is 0 Å². The SMILES string of the molecule is CNC(=O)c1ccnc2c(C(C)C(C)CNc3cc(-c4cccc(C(C)O)c4)ncn3)cccc12. The normalized spacial score (nSPS) is 13.7. The Morgan fingerprint density at radius 3 is 2.57 bits per heavy atom. The Morgan fingerprint density at radius 1 is 1.00 bits per heavy atom. The number of anilines is 1. The lowest BCUT2D eigenvalue weighted by Crippen LogP contribution is -2.19. The summed E-state index contributed by atoms with van der Waals surface area (Å²) in [4.78, 5) is 25.7. The van der Waals surface area contributed by atoms with Crippen LogP contribution >= 0.6 is 0 Å². The Labute approximate surface area is 205 Å². The van der Waals surface area contributed by atoms with Crippen molar-refractivity contribution in [1.29, 1.82) is 0 Å². The molecule has 0 aliphatic carbocycles. The van der Waals surface area contributed by atoms with Gasteiger partial charge < -0.3 is 15.7 Å². The first-order valence-electron chi connectivity index (χ1n) is 11.8. The number of nitrogens with one attached hydrogen (secondary N) is 2. The van der Waals surface area contributed by atoms with Crippen molar-refractivity contribution in [3.8, 4) is 11.3 Å². The molecule has 0 fully saturated rings. The minimum Gasteiger partial charge on any atom is -0.389 e. The van der Waals surface area contributed by atoms with Crippen molar-refractivity contribution in [3.05, 3.63) is 83.8 Å². The molecule has 7 heteroatoms. The molecule has 0 saturated carbocycles. The van der Waals surface area contributed by atoms with Crippen molar-refractivity contribution >= 4 is 22.6 Å². The standard InChI is InChI=1S/C28H31N5O2/c1-17(18(2)22-9-6-10-23-24(28(35)29-4)11-12-30-27(22)23)15-31-26-14-25(32-16-33-26)21-8-5-7-20(13-21)19(3)34/h5-14,16-19,34H,15H2,1-4H3,(H,29,35)(H,31,32,33). The van der Waals surface area contributed by atoms with Crippen molar-refractivity contribution in [2.45, 2.75) is 32.8 Å². The van der Waals surface area contributed by atoms with Crippen LogP contribution in [0.2, 0.25) is 0 Å². The first kappa shape index (κ1) is 24.3. The molecule has 2 aromatic heterocycles. The summed E-state index contributed by atoms with van der Waals surface area (Å²) in [7, 11) is 1.64. The average Bonchev–Trinajstić information content (AvgIpc) is 2.90. The van der Waals surface area contributed by atoms with Gasteiger partial charge >= 0.3 is 0 Å². The molecule has 0 saturated heterocycles. The third-order valence-corrected chi connectivity index (χ3v) is 6.56. The summed E-state index contributed by atoms with van der Waals surface area (Å²) in [5.41, 5.74) is 5.18. The van der Waals surface area contributed by atoms with E-state index in [2.05, 4.69) is 45.5 Å². The zero-order chi connectivity index (χ0) is 24.9. The van der Waals surface area contributed by atoms with Crippen LogP contribution in [-0.2, 0) is 0 Å². The number of aliphatic hydroxyl groups excluding tert-OH is 1.